The first-order chi connectivity index (χ1) is 8.97. The van der Waals surface area contributed by atoms with Crippen LogP contribution in [0.3, 0.4) is 0 Å². The van der Waals surface area contributed by atoms with Crippen LogP contribution in [-0.2, 0) is 0 Å². The topological polar surface area (TPSA) is 26.3 Å². The van der Waals surface area contributed by atoms with Gasteiger partial charge in [-0.15, -0.1) is 0 Å². The summed E-state index contributed by atoms with van der Waals surface area (Å²) in [5, 5.41) is 0. The van der Waals surface area contributed by atoms with Gasteiger partial charge in [-0.1, -0.05) is 12.1 Å². The molecule has 2 nitrogen and oxygen atoms in total. The van der Waals surface area contributed by atoms with Gasteiger partial charge in [-0.3, -0.25) is 4.79 Å². The SMILES string of the molecule is CC(=O)c1cccc(F)c1Oc1cc(C)cc(C)c1. The van der Waals surface area contributed by atoms with Crippen LogP contribution in [0.15, 0.2) is 36.4 Å². The van der Waals surface area contributed by atoms with Crippen LogP contribution >= 0.6 is 0 Å². The summed E-state index contributed by atoms with van der Waals surface area (Å²) in [6, 6.07) is 9.96. The molecular formula is C16H15FO2. The molecule has 0 saturated carbocycles. The van der Waals surface area contributed by atoms with Crippen molar-refractivity contribution in [1.82, 2.24) is 0 Å². The van der Waals surface area contributed by atoms with Crippen LogP contribution in [-0.4, -0.2) is 5.78 Å². The van der Waals surface area contributed by atoms with Gasteiger partial charge in [0, 0.05) is 0 Å². The normalized spacial score (nSPS) is 10.3. The Balaban J connectivity index is 2.45. The van der Waals surface area contributed by atoms with Gasteiger partial charge >= 0.3 is 0 Å². The van der Waals surface area contributed by atoms with Crippen molar-refractivity contribution < 1.29 is 13.9 Å². The fourth-order valence-electron chi connectivity index (χ4n) is 2.00. The summed E-state index contributed by atoms with van der Waals surface area (Å²) < 4.78 is 19.4. The molecule has 0 aliphatic rings. The van der Waals surface area contributed by atoms with Crippen LogP contribution in [0.5, 0.6) is 11.5 Å². The molecule has 0 heterocycles. The number of halogens is 1. The van der Waals surface area contributed by atoms with E-state index in [-0.39, 0.29) is 17.1 Å². The standard InChI is InChI=1S/C16H15FO2/c1-10-7-11(2)9-13(8-10)19-16-14(12(3)18)5-4-6-15(16)17/h4-9H,1-3H3. The van der Waals surface area contributed by atoms with E-state index in [2.05, 4.69) is 0 Å². The molecule has 0 radical (unpaired) electrons. The van der Waals surface area contributed by atoms with E-state index in [1.165, 1.54) is 19.1 Å². The Labute approximate surface area is 111 Å². The molecule has 0 aliphatic carbocycles. The Morgan fingerprint density at radius 1 is 1.11 bits per heavy atom. The molecule has 3 heteroatoms. The Morgan fingerprint density at radius 3 is 2.32 bits per heavy atom. The molecule has 0 aliphatic heterocycles. The first-order valence-electron chi connectivity index (χ1n) is 6.03. The lowest BCUT2D eigenvalue weighted by Crippen LogP contribution is -1.99. The fraction of sp³-hybridized carbons (Fsp3) is 0.188. The molecule has 0 N–H and O–H groups in total. The number of rotatable bonds is 3. The van der Waals surface area contributed by atoms with Crippen LogP contribution < -0.4 is 4.74 Å². The zero-order valence-electron chi connectivity index (χ0n) is 11.2. The summed E-state index contributed by atoms with van der Waals surface area (Å²) in [4.78, 5) is 11.5. The monoisotopic (exact) mass is 258 g/mol. The molecule has 2 aromatic rings. The zero-order valence-corrected chi connectivity index (χ0v) is 11.2. The summed E-state index contributed by atoms with van der Waals surface area (Å²) in [5.41, 5.74) is 2.30. The number of hydrogen-bond donors (Lipinski definition) is 0. The van der Waals surface area contributed by atoms with Gasteiger partial charge in [-0.25, -0.2) is 4.39 Å². The van der Waals surface area contributed by atoms with E-state index in [0.29, 0.717) is 5.75 Å². The van der Waals surface area contributed by atoms with Crippen LogP contribution in [0, 0.1) is 19.7 Å². The van der Waals surface area contributed by atoms with Gasteiger partial charge in [-0.2, -0.15) is 0 Å². The Bertz CT molecular complexity index is 612. The van der Waals surface area contributed by atoms with Crippen LogP contribution in [0.1, 0.15) is 28.4 Å². The Hall–Kier alpha value is -2.16. The van der Waals surface area contributed by atoms with E-state index in [4.69, 9.17) is 4.74 Å². The van der Waals surface area contributed by atoms with Gasteiger partial charge in [0.15, 0.2) is 17.3 Å². The van der Waals surface area contributed by atoms with Gasteiger partial charge in [0.1, 0.15) is 5.75 Å². The highest BCUT2D eigenvalue weighted by molar-refractivity contribution is 5.96. The maximum absolute atomic E-state index is 13.8. The summed E-state index contributed by atoms with van der Waals surface area (Å²) in [6.07, 6.45) is 0. The molecule has 0 atom stereocenters. The van der Waals surface area contributed by atoms with Crippen molar-refractivity contribution in [2.45, 2.75) is 20.8 Å². The van der Waals surface area contributed by atoms with Crippen molar-refractivity contribution in [3.05, 3.63) is 58.9 Å². The molecular weight excluding hydrogens is 243 g/mol. The van der Waals surface area contributed by atoms with Crippen molar-refractivity contribution in [1.29, 1.82) is 0 Å². The maximum Gasteiger partial charge on any atom is 0.173 e. The van der Waals surface area contributed by atoms with Crippen molar-refractivity contribution in [2.24, 2.45) is 0 Å². The largest absolute Gasteiger partial charge is 0.453 e. The third-order valence-corrected chi connectivity index (χ3v) is 2.76. The van der Waals surface area contributed by atoms with Crippen molar-refractivity contribution in [2.75, 3.05) is 0 Å². The quantitative estimate of drug-likeness (QED) is 0.761. The second-order valence-corrected chi connectivity index (χ2v) is 4.60. The molecule has 0 amide bonds. The highest BCUT2D eigenvalue weighted by Gasteiger charge is 2.14. The molecule has 98 valence electrons. The second-order valence-electron chi connectivity index (χ2n) is 4.60. The predicted molar refractivity (Wildman–Crippen MR) is 72.4 cm³/mol. The first-order valence-corrected chi connectivity index (χ1v) is 6.03. The molecule has 0 saturated heterocycles. The number of carbonyl (C=O) groups is 1. The minimum atomic E-state index is -0.535. The van der Waals surface area contributed by atoms with E-state index < -0.39 is 5.82 Å². The van der Waals surface area contributed by atoms with E-state index in [0.717, 1.165) is 11.1 Å². The van der Waals surface area contributed by atoms with Crippen molar-refractivity contribution in [3.8, 4) is 11.5 Å². The molecule has 2 aromatic carbocycles. The van der Waals surface area contributed by atoms with E-state index in [1.54, 1.807) is 6.07 Å². The summed E-state index contributed by atoms with van der Waals surface area (Å²) in [5.74, 6) is -0.240. The van der Waals surface area contributed by atoms with E-state index >= 15 is 0 Å². The van der Waals surface area contributed by atoms with Gasteiger partial charge in [0.05, 0.1) is 5.56 Å². The number of carbonyl (C=O) groups excluding carboxylic acids is 1. The van der Waals surface area contributed by atoms with Crippen LogP contribution in [0.25, 0.3) is 0 Å². The highest BCUT2D eigenvalue weighted by atomic mass is 19.1. The molecule has 0 spiro atoms. The average Bonchev–Trinajstić information content (AvgIpc) is 2.30. The van der Waals surface area contributed by atoms with Crippen molar-refractivity contribution >= 4 is 5.78 Å². The first kappa shape index (κ1) is 13.3. The van der Waals surface area contributed by atoms with Crippen LogP contribution in [0.2, 0.25) is 0 Å². The van der Waals surface area contributed by atoms with Crippen molar-refractivity contribution in [3.63, 3.8) is 0 Å². The third kappa shape index (κ3) is 2.99. The smallest absolute Gasteiger partial charge is 0.173 e. The number of ether oxygens (including phenoxy) is 1. The van der Waals surface area contributed by atoms with Gasteiger partial charge in [0.2, 0.25) is 0 Å². The molecule has 0 bridgehead atoms. The number of para-hydroxylation sites is 1. The van der Waals surface area contributed by atoms with Gasteiger partial charge in [0.25, 0.3) is 0 Å². The lowest BCUT2D eigenvalue weighted by Gasteiger charge is -2.11. The number of benzene rings is 2. The Morgan fingerprint density at radius 2 is 1.74 bits per heavy atom. The highest BCUT2D eigenvalue weighted by Crippen LogP contribution is 2.29. The lowest BCUT2D eigenvalue weighted by molar-refractivity contribution is 0.101. The minimum absolute atomic E-state index is 0.0139. The lowest BCUT2D eigenvalue weighted by atomic mass is 10.1. The Kier molecular flexibility index (Phi) is 3.65. The van der Waals surface area contributed by atoms with E-state index in [1.807, 2.05) is 32.0 Å². The maximum atomic E-state index is 13.8. The minimum Gasteiger partial charge on any atom is -0.453 e. The number of ketones is 1. The second kappa shape index (κ2) is 5.22. The van der Waals surface area contributed by atoms with E-state index in [9.17, 15) is 9.18 Å². The van der Waals surface area contributed by atoms with Gasteiger partial charge < -0.3 is 4.74 Å². The molecule has 19 heavy (non-hydrogen) atoms. The summed E-state index contributed by atoms with van der Waals surface area (Å²) in [6.45, 7) is 5.27. The van der Waals surface area contributed by atoms with Gasteiger partial charge in [-0.05, 0) is 56.2 Å². The number of Topliss-reactive ketones (excluding diaryl/α,β-unsaturated/α-hetero) is 1. The fourth-order valence-corrected chi connectivity index (χ4v) is 2.00. The van der Waals surface area contributed by atoms with Crippen LogP contribution in [0.4, 0.5) is 4.39 Å². The summed E-state index contributed by atoms with van der Waals surface area (Å²) in [7, 11) is 0. The predicted octanol–water partition coefficient (Wildman–Crippen LogP) is 4.44. The average molecular weight is 258 g/mol. The molecule has 0 aromatic heterocycles. The number of aryl methyl sites for hydroxylation is 2. The molecule has 2 rings (SSSR count). The molecule has 0 unspecified atom stereocenters. The number of hydrogen-bond acceptors (Lipinski definition) is 2. The zero-order chi connectivity index (χ0) is 14.0. The summed E-state index contributed by atoms with van der Waals surface area (Å²) >= 11 is 0. The third-order valence-electron chi connectivity index (χ3n) is 2.76. The molecule has 0 fully saturated rings.